The molecule has 3 aromatic rings. The topological polar surface area (TPSA) is 106 Å². The highest BCUT2D eigenvalue weighted by molar-refractivity contribution is 9.10. The number of amides is 3. The van der Waals surface area contributed by atoms with Crippen LogP contribution in [-0.2, 0) is 20.8 Å². The molecule has 2 aromatic carbocycles. The Balaban J connectivity index is 1.43. The number of aromatic amines is 1. The van der Waals surface area contributed by atoms with Crippen LogP contribution < -0.4 is 5.48 Å². The van der Waals surface area contributed by atoms with E-state index in [2.05, 4.69) is 27.0 Å². The fourth-order valence-electron chi connectivity index (χ4n) is 5.33. The predicted molar refractivity (Wildman–Crippen MR) is 134 cm³/mol. The molecule has 0 radical (unpaired) electrons. The van der Waals surface area contributed by atoms with E-state index in [0.29, 0.717) is 25.8 Å². The summed E-state index contributed by atoms with van der Waals surface area (Å²) < 4.78 is 0.953. The third-order valence-corrected chi connectivity index (χ3v) is 7.51. The molecule has 1 aromatic heterocycles. The number of piperazine rings is 1. The Morgan fingerprint density at radius 1 is 1.09 bits per heavy atom. The van der Waals surface area contributed by atoms with Crippen LogP contribution in [0, 0.1) is 0 Å². The van der Waals surface area contributed by atoms with Crippen molar-refractivity contribution >= 4 is 44.6 Å². The van der Waals surface area contributed by atoms with Gasteiger partial charge in [0.2, 0.25) is 17.7 Å². The van der Waals surface area contributed by atoms with Crippen molar-refractivity contribution in [1.82, 2.24) is 20.3 Å². The van der Waals surface area contributed by atoms with Crippen molar-refractivity contribution in [2.45, 2.75) is 44.2 Å². The van der Waals surface area contributed by atoms with Gasteiger partial charge in [0, 0.05) is 40.5 Å². The molecule has 3 amide bonds. The first kappa shape index (κ1) is 23.6. The Hall–Kier alpha value is -3.17. The fourth-order valence-corrected chi connectivity index (χ4v) is 5.59. The van der Waals surface area contributed by atoms with Crippen LogP contribution in [0.3, 0.4) is 0 Å². The van der Waals surface area contributed by atoms with Crippen LogP contribution in [0.15, 0.2) is 53.0 Å². The minimum atomic E-state index is -0.559. The number of carbonyl (C=O) groups is 3. The molecular formula is C26H27BrN4O4. The van der Waals surface area contributed by atoms with Crippen LogP contribution in [0.4, 0.5) is 0 Å². The zero-order valence-corrected chi connectivity index (χ0v) is 20.8. The monoisotopic (exact) mass is 538 g/mol. The van der Waals surface area contributed by atoms with Gasteiger partial charge in [0.25, 0.3) is 0 Å². The van der Waals surface area contributed by atoms with E-state index < -0.39 is 11.9 Å². The molecule has 182 valence electrons. The number of fused-ring (bicyclic) bond motifs is 4. The number of aromatic nitrogens is 1. The van der Waals surface area contributed by atoms with Gasteiger partial charge in [0.15, 0.2) is 0 Å². The summed E-state index contributed by atoms with van der Waals surface area (Å²) in [6.45, 7) is 0.522. The van der Waals surface area contributed by atoms with Gasteiger partial charge in [0.05, 0.1) is 12.6 Å². The molecule has 1 fully saturated rings. The maximum atomic E-state index is 13.6. The Bertz CT molecular complexity index is 1270. The number of H-pyrrole nitrogens is 1. The van der Waals surface area contributed by atoms with Crippen LogP contribution in [0.2, 0.25) is 0 Å². The lowest BCUT2D eigenvalue weighted by Gasteiger charge is -2.47. The van der Waals surface area contributed by atoms with E-state index in [1.165, 1.54) is 0 Å². The minimum absolute atomic E-state index is 0.0317. The SMILES string of the molecule is O=C(CCCCCN1CC(=O)N2[C@@H](c3ccc(Br)cc3)c3[nH]c4ccccc4c3C[C@H]2C1=O)NO. The van der Waals surface area contributed by atoms with E-state index in [1.54, 1.807) is 15.3 Å². The van der Waals surface area contributed by atoms with Gasteiger partial charge < -0.3 is 14.8 Å². The van der Waals surface area contributed by atoms with Crippen molar-refractivity contribution in [2.24, 2.45) is 0 Å². The second-order valence-electron chi connectivity index (χ2n) is 9.14. The molecule has 2 aliphatic heterocycles. The van der Waals surface area contributed by atoms with Crippen molar-refractivity contribution in [2.75, 3.05) is 13.1 Å². The quantitative estimate of drug-likeness (QED) is 0.242. The first-order valence-corrected chi connectivity index (χ1v) is 12.6. The number of hydroxylamine groups is 1. The number of rotatable bonds is 7. The van der Waals surface area contributed by atoms with Crippen molar-refractivity contribution in [1.29, 1.82) is 0 Å². The molecule has 2 atom stereocenters. The van der Waals surface area contributed by atoms with Gasteiger partial charge in [-0.25, -0.2) is 5.48 Å². The standard InChI is InChI=1S/C26H27BrN4O4/c27-17-11-9-16(10-12-17)25-24-19(18-6-3-4-7-20(18)28-24)14-21-26(34)30(15-23(33)31(21)25)13-5-1-2-8-22(32)29-35/h3-4,6-7,9-12,21,25,28,35H,1-2,5,8,13-15H2,(H,29,32)/t21-,25-/m0/s1. The molecule has 5 rings (SSSR count). The van der Waals surface area contributed by atoms with Crippen molar-refractivity contribution in [3.8, 4) is 0 Å². The van der Waals surface area contributed by atoms with E-state index in [1.807, 2.05) is 42.5 Å². The zero-order valence-electron chi connectivity index (χ0n) is 19.2. The number of benzene rings is 2. The van der Waals surface area contributed by atoms with Crippen LogP contribution in [0.25, 0.3) is 10.9 Å². The average Bonchev–Trinajstić information content (AvgIpc) is 3.24. The minimum Gasteiger partial charge on any atom is -0.356 e. The maximum Gasteiger partial charge on any atom is 0.246 e. The average molecular weight is 539 g/mol. The number of nitrogens with one attached hydrogen (secondary N) is 2. The van der Waals surface area contributed by atoms with Crippen LogP contribution in [0.5, 0.6) is 0 Å². The molecule has 9 heteroatoms. The number of para-hydroxylation sites is 1. The molecule has 2 aliphatic rings. The highest BCUT2D eigenvalue weighted by Crippen LogP contribution is 2.42. The lowest BCUT2D eigenvalue weighted by Crippen LogP contribution is -2.63. The number of hydrogen-bond donors (Lipinski definition) is 3. The second kappa shape index (κ2) is 9.83. The predicted octanol–water partition coefficient (Wildman–Crippen LogP) is 3.68. The third-order valence-electron chi connectivity index (χ3n) is 6.98. The summed E-state index contributed by atoms with van der Waals surface area (Å²) in [7, 11) is 0. The molecule has 0 unspecified atom stereocenters. The van der Waals surface area contributed by atoms with Crippen LogP contribution in [-0.4, -0.2) is 56.8 Å². The van der Waals surface area contributed by atoms with Crippen LogP contribution in [0.1, 0.15) is 48.5 Å². The smallest absolute Gasteiger partial charge is 0.246 e. The van der Waals surface area contributed by atoms with E-state index >= 15 is 0 Å². The summed E-state index contributed by atoms with van der Waals surface area (Å²) in [5.41, 5.74) is 5.66. The lowest BCUT2D eigenvalue weighted by atomic mass is 9.86. The van der Waals surface area contributed by atoms with Gasteiger partial charge in [-0.05, 0) is 42.2 Å². The van der Waals surface area contributed by atoms with Crippen LogP contribution >= 0.6 is 15.9 Å². The zero-order chi connectivity index (χ0) is 24.5. The highest BCUT2D eigenvalue weighted by Gasteiger charge is 2.48. The molecular weight excluding hydrogens is 512 g/mol. The third kappa shape index (κ3) is 4.46. The van der Waals surface area contributed by atoms with Crippen molar-refractivity contribution < 1.29 is 19.6 Å². The molecule has 35 heavy (non-hydrogen) atoms. The Morgan fingerprint density at radius 3 is 2.63 bits per heavy atom. The maximum absolute atomic E-state index is 13.6. The summed E-state index contributed by atoms with van der Waals surface area (Å²) in [6, 6.07) is 15.1. The van der Waals surface area contributed by atoms with Gasteiger partial charge in [-0.3, -0.25) is 19.6 Å². The summed E-state index contributed by atoms with van der Waals surface area (Å²) in [5.74, 6) is -0.511. The number of hydrogen-bond acceptors (Lipinski definition) is 4. The first-order chi connectivity index (χ1) is 17.0. The molecule has 8 nitrogen and oxygen atoms in total. The highest BCUT2D eigenvalue weighted by atomic mass is 79.9. The molecule has 0 bridgehead atoms. The molecule has 0 aliphatic carbocycles. The summed E-state index contributed by atoms with van der Waals surface area (Å²) >= 11 is 3.49. The summed E-state index contributed by atoms with van der Waals surface area (Å²) in [4.78, 5) is 45.3. The molecule has 1 saturated heterocycles. The summed E-state index contributed by atoms with van der Waals surface area (Å²) in [5, 5.41) is 9.69. The molecule has 3 N–H and O–H groups in total. The number of nitrogens with zero attached hydrogens (tertiary/aromatic N) is 2. The number of carbonyl (C=O) groups excluding carboxylic acids is 3. The van der Waals surface area contributed by atoms with E-state index in [9.17, 15) is 14.4 Å². The Labute approximate surface area is 211 Å². The number of halogens is 1. The normalized spacial score (nSPS) is 19.6. The Morgan fingerprint density at radius 2 is 1.86 bits per heavy atom. The van der Waals surface area contributed by atoms with Crippen molar-refractivity contribution in [3.63, 3.8) is 0 Å². The van der Waals surface area contributed by atoms with Crippen molar-refractivity contribution in [3.05, 3.63) is 69.8 Å². The second-order valence-corrected chi connectivity index (χ2v) is 10.1. The van der Waals surface area contributed by atoms with Gasteiger partial charge in [-0.2, -0.15) is 0 Å². The van der Waals surface area contributed by atoms with E-state index in [4.69, 9.17) is 5.21 Å². The van der Waals surface area contributed by atoms with Gasteiger partial charge in [-0.1, -0.05) is 52.7 Å². The lowest BCUT2D eigenvalue weighted by molar-refractivity contribution is -0.158. The fraction of sp³-hybridized carbons (Fsp3) is 0.346. The first-order valence-electron chi connectivity index (χ1n) is 11.9. The Kier molecular flexibility index (Phi) is 6.62. The number of unbranched alkanes of at least 4 members (excludes halogenated alkanes) is 2. The molecule has 0 saturated carbocycles. The largest absolute Gasteiger partial charge is 0.356 e. The van der Waals surface area contributed by atoms with Gasteiger partial charge in [-0.15, -0.1) is 0 Å². The van der Waals surface area contributed by atoms with E-state index in [-0.39, 0.29) is 30.8 Å². The summed E-state index contributed by atoms with van der Waals surface area (Å²) in [6.07, 6.45) is 2.75. The van der Waals surface area contributed by atoms with E-state index in [0.717, 1.165) is 38.6 Å². The van der Waals surface area contributed by atoms with Gasteiger partial charge >= 0.3 is 0 Å². The van der Waals surface area contributed by atoms with Gasteiger partial charge in [0.1, 0.15) is 6.04 Å². The molecule has 0 spiro atoms. The molecule has 3 heterocycles.